The fourth-order valence-electron chi connectivity index (χ4n) is 4.17. The van der Waals surface area contributed by atoms with Crippen LogP contribution in [-0.2, 0) is 9.45 Å². The molecule has 1 aliphatic rings. The second kappa shape index (κ2) is 14.4. The van der Waals surface area contributed by atoms with Gasteiger partial charge >= 0.3 is 7.47 Å². The van der Waals surface area contributed by atoms with E-state index in [-0.39, 0.29) is 17.1 Å². The van der Waals surface area contributed by atoms with Crippen LogP contribution >= 0.6 is 0 Å². The molecule has 0 bridgehead atoms. The molecule has 0 amide bonds. The molecule has 3 rings (SSSR count). The Kier molecular flexibility index (Phi) is 11.0. The Morgan fingerprint density at radius 3 is 2.00 bits per heavy atom. The molecule has 2 aromatic carbocycles. The summed E-state index contributed by atoms with van der Waals surface area (Å²) in [4.78, 5) is 12.6. The summed E-state index contributed by atoms with van der Waals surface area (Å²) in [7, 11) is -3.03. The highest BCUT2D eigenvalue weighted by Gasteiger charge is 2.31. The Morgan fingerprint density at radius 2 is 1.49 bits per heavy atom. The lowest BCUT2D eigenvalue weighted by molar-refractivity contribution is -0.114. The van der Waals surface area contributed by atoms with Crippen LogP contribution in [0.15, 0.2) is 77.6 Å². The lowest BCUT2D eigenvalue weighted by Gasteiger charge is -2.27. The van der Waals surface area contributed by atoms with Gasteiger partial charge in [0, 0.05) is 11.5 Å². The summed E-state index contributed by atoms with van der Waals surface area (Å²) in [5, 5.41) is 0. The van der Waals surface area contributed by atoms with Crippen LogP contribution in [0.3, 0.4) is 0 Å². The Labute approximate surface area is 219 Å². The van der Waals surface area contributed by atoms with Gasteiger partial charge < -0.3 is 14.1 Å². The zero-order chi connectivity index (χ0) is 26.6. The van der Waals surface area contributed by atoms with Crippen molar-refractivity contribution >= 4 is 19.3 Å². The van der Waals surface area contributed by atoms with Crippen molar-refractivity contribution in [3.8, 4) is 11.5 Å². The molecule has 0 saturated heterocycles. The maximum Gasteiger partial charge on any atom is 0.796 e. The van der Waals surface area contributed by atoms with Crippen molar-refractivity contribution in [2.24, 2.45) is 0 Å². The summed E-state index contributed by atoms with van der Waals surface area (Å²) < 4.78 is 42.8. The molecular weight excluding hydrogens is 473 g/mol. The van der Waals surface area contributed by atoms with E-state index >= 15 is 0 Å². The Balaban J connectivity index is 1.84. The first-order valence-electron chi connectivity index (χ1n) is 13.0. The number of ketones is 1. The average Bonchev–Trinajstić information content (AvgIpc) is 2.88. The highest BCUT2D eigenvalue weighted by Crippen LogP contribution is 2.39. The third-order valence-electron chi connectivity index (χ3n) is 6.15. The van der Waals surface area contributed by atoms with Crippen molar-refractivity contribution in [1.82, 2.24) is 0 Å². The Bertz CT molecular complexity index is 1110. The molecule has 4 nitrogen and oxygen atoms in total. The van der Waals surface area contributed by atoms with Crippen molar-refractivity contribution in [3.05, 3.63) is 88.7 Å². The van der Waals surface area contributed by atoms with Crippen LogP contribution in [0.25, 0.3) is 6.08 Å². The van der Waals surface area contributed by atoms with Crippen molar-refractivity contribution in [2.45, 2.75) is 58.8 Å². The SMILES string of the molecule is CCCCOc1ccc(/C=C/C2=CC(OB(F)F)=C(C(C)=O)[C@H](c3ccc(OCCCC)cc3)C2)cc1. The molecule has 0 N–H and O–H groups in total. The Hall–Kier alpha value is -3.35. The lowest BCUT2D eigenvalue weighted by Crippen LogP contribution is -2.19. The first-order valence-corrected chi connectivity index (χ1v) is 13.0. The fraction of sp³-hybridized carbons (Fsp3) is 0.367. The topological polar surface area (TPSA) is 44.8 Å². The molecule has 0 radical (unpaired) electrons. The standard InChI is InChI=1S/C30H35BF2O4/c1-4-6-18-35-26-14-10-23(11-15-26)8-9-24-20-28(30(22(3)34)29(21-24)37-31(32)33)25-12-16-27(17-13-25)36-19-7-5-2/h8-17,21,28H,4-7,18-20H2,1-3H3/b9-8+/t28-/m0/s1. The zero-order valence-corrected chi connectivity index (χ0v) is 21.8. The number of carbonyl (C=O) groups is 1. The maximum absolute atomic E-state index is 13.3. The molecule has 2 aromatic rings. The van der Waals surface area contributed by atoms with Crippen LogP contribution in [0.5, 0.6) is 11.5 Å². The number of benzene rings is 2. The molecule has 0 unspecified atom stereocenters. The Morgan fingerprint density at radius 1 is 0.919 bits per heavy atom. The molecule has 196 valence electrons. The number of halogens is 2. The van der Waals surface area contributed by atoms with Crippen molar-refractivity contribution in [3.63, 3.8) is 0 Å². The molecule has 0 aliphatic heterocycles. The van der Waals surface area contributed by atoms with Crippen molar-refractivity contribution in [2.75, 3.05) is 13.2 Å². The number of unbranched alkanes of at least 4 members (excludes halogenated alkanes) is 2. The third kappa shape index (κ3) is 8.62. The van der Waals surface area contributed by atoms with Gasteiger partial charge in [-0.25, -0.2) is 8.63 Å². The van der Waals surface area contributed by atoms with Gasteiger partial charge in [-0.3, -0.25) is 4.79 Å². The molecule has 1 atom stereocenters. The monoisotopic (exact) mass is 508 g/mol. The molecule has 7 heteroatoms. The van der Waals surface area contributed by atoms with Crippen LogP contribution < -0.4 is 9.47 Å². The summed E-state index contributed by atoms with van der Waals surface area (Å²) >= 11 is 0. The molecule has 0 spiro atoms. The van der Waals surface area contributed by atoms with Crippen LogP contribution in [0, 0.1) is 0 Å². The predicted molar refractivity (Wildman–Crippen MR) is 145 cm³/mol. The van der Waals surface area contributed by atoms with E-state index in [9.17, 15) is 13.4 Å². The summed E-state index contributed by atoms with van der Waals surface area (Å²) in [6.07, 6.45) is 9.91. The van der Waals surface area contributed by atoms with E-state index in [4.69, 9.17) is 14.1 Å². The van der Waals surface area contributed by atoms with Gasteiger partial charge in [-0.1, -0.05) is 63.1 Å². The molecular formula is C30H35BF2O4. The van der Waals surface area contributed by atoms with E-state index in [1.54, 1.807) is 6.08 Å². The van der Waals surface area contributed by atoms with Gasteiger partial charge in [0.2, 0.25) is 0 Å². The average molecular weight is 508 g/mol. The molecule has 0 fully saturated rings. The second-order valence-corrected chi connectivity index (χ2v) is 9.06. The first kappa shape index (κ1) is 28.2. The summed E-state index contributed by atoms with van der Waals surface area (Å²) in [6, 6.07) is 15.2. The predicted octanol–water partition coefficient (Wildman–Crippen LogP) is 7.96. The van der Waals surface area contributed by atoms with E-state index in [1.807, 2.05) is 60.7 Å². The number of carbonyl (C=O) groups excluding carboxylic acids is 1. The minimum atomic E-state index is -3.03. The number of allylic oxidation sites excluding steroid dienone is 4. The van der Waals surface area contributed by atoms with Crippen LogP contribution in [0.4, 0.5) is 8.63 Å². The quantitative estimate of drug-likeness (QED) is 0.192. The van der Waals surface area contributed by atoms with Crippen molar-refractivity contribution < 1.29 is 27.6 Å². The summed E-state index contributed by atoms with van der Waals surface area (Å²) in [5.41, 5.74) is 2.84. The van der Waals surface area contributed by atoms with E-state index in [2.05, 4.69) is 13.8 Å². The van der Waals surface area contributed by atoms with Gasteiger partial charge in [-0.05, 0) is 73.2 Å². The van der Waals surface area contributed by atoms with Gasteiger partial charge in [-0.2, -0.15) is 0 Å². The number of ether oxygens (including phenoxy) is 2. The van der Waals surface area contributed by atoms with Gasteiger partial charge in [-0.15, -0.1) is 0 Å². The third-order valence-corrected chi connectivity index (χ3v) is 6.15. The molecule has 0 saturated carbocycles. The smallest absolute Gasteiger partial charge is 0.505 e. The van der Waals surface area contributed by atoms with E-state index in [0.717, 1.165) is 53.9 Å². The normalized spacial score (nSPS) is 15.5. The minimum absolute atomic E-state index is 0.0821. The molecule has 37 heavy (non-hydrogen) atoms. The van der Waals surface area contributed by atoms with E-state index in [1.165, 1.54) is 6.92 Å². The van der Waals surface area contributed by atoms with Crippen LogP contribution in [0.1, 0.15) is 69.9 Å². The number of hydrogen-bond donors (Lipinski definition) is 0. The van der Waals surface area contributed by atoms with Gasteiger partial charge in [0.25, 0.3) is 0 Å². The highest BCUT2D eigenvalue weighted by molar-refractivity contribution is 6.35. The zero-order valence-electron chi connectivity index (χ0n) is 21.8. The van der Waals surface area contributed by atoms with Gasteiger partial charge in [0.15, 0.2) is 5.78 Å². The largest absolute Gasteiger partial charge is 0.796 e. The molecule has 0 aromatic heterocycles. The van der Waals surface area contributed by atoms with Gasteiger partial charge in [0.05, 0.1) is 13.2 Å². The number of rotatable bonds is 14. The first-order chi connectivity index (χ1) is 17.9. The van der Waals surface area contributed by atoms with Crippen molar-refractivity contribution in [1.29, 1.82) is 0 Å². The maximum atomic E-state index is 13.3. The fourth-order valence-corrected chi connectivity index (χ4v) is 4.17. The summed E-state index contributed by atoms with van der Waals surface area (Å²) in [6.45, 7) is 6.92. The minimum Gasteiger partial charge on any atom is -0.505 e. The van der Waals surface area contributed by atoms with E-state index < -0.39 is 13.4 Å². The van der Waals surface area contributed by atoms with Crippen LogP contribution in [0.2, 0.25) is 0 Å². The number of Topliss-reactive ketones (excluding diaryl/α,β-unsaturated/α-hetero) is 1. The van der Waals surface area contributed by atoms with E-state index in [0.29, 0.717) is 19.6 Å². The second-order valence-electron chi connectivity index (χ2n) is 9.06. The summed E-state index contributed by atoms with van der Waals surface area (Å²) in [5.74, 6) is 0.771. The number of hydrogen-bond acceptors (Lipinski definition) is 4. The molecule has 0 heterocycles. The molecule has 1 aliphatic carbocycles. The van der Waals surface area contributed by atoms with Crippen LogP contribution in [-0.4, -0.2) is 26.5 Å². The lowest BCUT2D eigenvalue weighted by atomic mass is 9.79. The van der Waals surface area contributed by atoms with Gasteiger partial charge in [0.1, 0.15) is 17.3 Å². The highest BCUT2D eigenvalue weighted by atomic mass is 19.2.